The second-order valence-electron chi connectivity index (χ2n) is 21.8. The van der Waals surface area contributed by atoms with E-state index in [0.29, 0.717) is 55.5 Å². The molecule has 0 aromatic carbocycles. The SMILES string of the molecule is C[C@@H](CC(=O)c1ccc2c(n1)N(C(=O)Nc1cc(-c3cncn3C)ccn1)[C@H]1CCN2C1)C(F)(F)F.C[C@@H](CC(=O)c1ccc2c(n1)N(C(=O)Nc1cc(Br)ccn1)[C@H]1CCN2C1)C(F)(F)F.Cn1cncc1B1OC(C)(C)C(C)(C)O1. The molecule has 0 saturated carbocycles. The van der Waals surface area contributed by atoms with Crippen LogP contribution in [0.25, 0.3) is 11.3 Å². The molecule has 11 heterocycles. The van der Waals surface area contributed by atoms with Crippen molar-refractivity contribution in [2.75, 3.05) is 56.4 Å². The molecule has 3 fully saturated rings. The van der Waals surface area contributed by atoms with E-state index in [-0.39, 0.29) is 53.4 Å². The van der Waals surface area contributed by atoms with Crippen molar-refractivity contribution >= 4 is 86.9 Å². The van der Waals surface area contributed by atoms with Crippen molar-refractivity contribution in [3.63, 3.8) is 0 Å². The maximum absolute atomic E-state index is 13.4. The zero-order valence-electron chi connectivity index (χ0n) is 46.1. The van der Waals surface area contributed by atoms with Gasteiger partial charge in [0.15, 0.2) is 23.2 Å². The zero-order chi connectivity index (χ0) is 59.2. The Morgan fingerprint density at radius 1 is 0.683 bits per heavy atom. The summed E-state index contributed by atoms with van der Waals surface area (Å²) in [6.45, 7) is 12.8. The van der Waals surface area contributed by atoms with Gasteiger partial charge < -0.3 is 28.2 Å². The summed E-state index contributed by atoms with van der Waals surface area (Å²) in [6.07, 6.45) is 1.09. The summed E-state index contributed by atoms with van der Waals surface area (Å²) in [4.78, 5) is 83.9. The maximum Gasteiger partial charge on any atom is 0.514 e. The Bertz CT molecular complexity index is 3360. The Balaban J connectivity index is 0.000000160. The van der Waals surface area contributed by atoms with Gasteiger partial charge in [0.1, 0.15) is 23.0 Å². The maximum atomic E-state index is 13.4. The minimum absolute atomic E-state index is 0.0873. The van der Waals surface area contributed by atoms with Crippen molar-refractivity contribution in [2.24, 2.45) is 25.9 Å². The Kier molecular flexibility index (Phi) is 16.6. The topological polar surface area (TPSA) is 211 Å². The van der Waals surface area contributed by atoms with Gasteiger partial charge in [-0.25, -0.2) is 39.5 Å². The fraction of sp³-hybridized carbons (Fsp3) is 0.444. The Morgan fingerprint density at radius 2 is 1.15 bits per heavy atom. The highest BCUT2D eigenvalue weighted by Gasteiger charge is 2.53. The van der Waals surface area contributed by atoms with Crippen LogP contribution in [0, 0.1) is 11.8 Å². The lowest BCUT2D eigenvalue weighted by Gasteiger charge is -2.35. The summed E-state index contributed by atoms with van der Waals surface area (Å²) in [7, 11) is 3.48. The molecule has 6 aromatic heterocycles. The van der Waals surface area contributed by atoms with Gasteiger partial charge in [0.25, 0.3) is 0 Å². The molecule has 434 valence electrons. The number of Topliss-reactive ketones (excluding diaryl/α,β-unsaturated/α-hetero) is 2. The minimum Gasteiger partial charge on any atom is -0.398 e. The molecule has 4 bridgehead atoms. The monoisotopic (exact) mass is 1200 g/mol. The molecule has 2 N–H and O–H groups in total. The van der Waals surface area contributed by atoms with Crippen molar-refractivity contribution in [3.8, 4) is 11.3 Å². The molecule has 82 heavy (non-hydrogen) atoms. The number of anilines is 6. The summed E-state index contributed by atoms with van der Waals surface area (Å²) in [5.41, 5.74) is 3.19. The molecular weight excluding hydrogens is 1150 g/mol. The molecule has 28 heteroatoms. The number of urea groups is 2. The zero-order valence-corrected chi connectivity index (χ0v) is 47.7. The lowest BCUT2D eigenvalue weighted by Crippen LogP contribution is -2.48. The van der Waals surface area contributed by atoms with Gasteiger partial charge in [-0.15, -0.1) is 0 Å². The van der Waals surface area contributed by atoms with Crippen molar-refractivity contribution in [3.05, 3.63) is 102 Å². The number of ketones is 2. The molecule has 4 atom stereocenters. The molecule has 11 rings (SSSR count). The van der Waals surface area contributed by atoms with Crippen LogP contribution < -0.4 is 35.8 Å². The predicted molar refractivity (Wildman–Crippen MR) is 298 cm³/mol. The molecule has 0 unspecified atom stereocenters. The van der Waals surface area contributed by atoms with E-state index in [4.69, 9.17) is 9.31 Å². The molecule has 4 amide bonds. The number of imidazole rings is 2. The number of alkyl halides is 6. The van der Waals surface area contributed by atoms with Crippen LogP contribution in [0.5, 0.6) is 0 Å². The highest BCUT2D eigenvalue weighted by Crippen LogP contribution is 2.42. The highest BCUT2D eigenvalue weighted by molar-refractivity contribution is 9.10. The number of nitrogens with one attached hydrogen (secondary N) is 2. The molecule has 0 radical (unpaired) electrons. The number of halogens is 7. The van der Waals surface area contributed by atoms with E-state index in [2.05, 4.69) is 66.3 Å². The normalized spacial score (nSPS) is 19.0. The van der Waals surface area contributed by atoms with Gasteiger partial charge in [-0.2, -0.15) is 26.3 Å². The summed E-state index contributed by atoms with van der Waals surface area (Å²) in [5, 5.41) is 5.54. The number of carbonyl (C=O) groups is 4. The number of fused-ring (bicyclic) bond motifs is 8. The van der Waals surface area contributed by atoms with E-state index in [0.717, 1.165) is 41.7 Å². The number of nitrogens with zero attached hydrogens (tertiary/aromatic N) is 12. The second-order valence-corrected chi connectivity index (χ2v) is 22.7. The van der Waals surface area contributed by atoms with Crippen LogP contribution in [-0.4, -0.2) is 132 Å². The largest absolute Gasteiger partial charge is 0.514 e. The second kappa shape index (κ2) is 23.1. The first-order valence-electron chi connectivity index (χ1n) is 26.4. The smallest absolute Gasteiger partial charge is 0.398 e. The van der Waals surface area contributed by atoms with Crippen LogP contribution in [0.4, 0.5) is 70.6 Å². The van der Waals surface area contributed by atoms with E-state index in [1.165, 1.54) is 28.1 Å². The Morgan fingerprint density at radius 3 is 1.59 bits per heavy atom. The van der Waals surface area contributed by atoms with Gasteiger partial charge in [0.05, 0.1) is 76.6 Å². The fourth-order valence-electron chi connectivity index (χ4n) is 9.91. The number of hydrogen-bond donors (Lipinski definition) is 2. The number of rotatable bonds is 10. The molecular formula is C54H60BBrF6N14O6. The van der Waals surface area contributed by atoms with Gasteiger partial charge in [-0.1, -0.05) is 29.8 Å². The summed E-state index contributed by atoms with van der Waals surface area (Å²) in [5.74, 6) is -3.81. The summed E-state index contributed by atoms with van der Waals surface area (Å²) in [6, 6.07) is 11.8. The quantitative estimate of drug-likeness (QED) is 0.0743. The van der Waals surface area contributed by atoms with Crippen molar-refractivity contribution in [1.82, 2.24) is 39.0 Å². The van der Waals surface area contributed by atoms with E-state index >= 15 is 0 Å². The van der Waals surface area contributed by atoms with Crippen molar-refractivity contribution < 1.29 is 54.8 Å². The van der Waals surface area contributed by atoms with Crippen LogP contribution in [-0.2, 0) is 23.4 Å². The Labute approximate surface area is 477 Å². The van der Waals surface area contributed by atoms with E-state index in [1.807, 2.05) is 50.9 Å². The molecule has 0 aliphatic carbocycles. The third-order valence-electron chi connectivity index (χ3n) is 15.4. The van der Waals surface area contributed by atoms with Gasteiger partial charge >= 0.3 is 31.5 Å². The summed E-state index contributed by atoms with van der Waals surface area (Å²) >= 11 is 3.32. The third kappa shape index (κ3) is 12.6. The lowest BCUT2D eigenvalue weighted by molar-refractivity contribution is -0.169. The molecule has 5 aliphatic rings. The third-order valence-corrected chi connectivity index (χ3v) is 15.9. The number of carbonyl (C=O) groups excluding carboxylic acids is 4. The molecule has 5 aliphatic heterocycles. The number of amides is 4. The van der Waals surface area contributed by atoms with Crippen LogP contribution in [0.2, 0.25) is 0 Å². The first-order valence-corrected chi connectivity index (χ1v) is 27.2. The van der Waals surface area contributed by atoms with Crippen molar-refractivity contribution in [2.45, 2.75) is 103 Å². The van der Waals surface area contributed by atoms with Crippen LogP contribution in [0.1, 0.15) is 88.2 Å². The van der Waals surface area contributed by atoms with Crippen LogP contribution in [0.3, 0.4) is 0 Å². The van der Waals surface area contributed by atoms with Gasteiger partial charge in [-0.3, -0.25) is 30.0 Å². The number of hydrogen-bond acceptors (Lipinski definition) is 14. The van der Waals surface area contributed by atoms with Crippen molar-refractivity contribution in [1.29, 1.82) is 0 Å². The number of aromatic nitrogens is 8. The van der Waals surface area contributed by atoms with Gasteiger partial charge in [0, 0.05) is 81.7 Å². The minimum atomic E-state index is -4.47. The van der Waals surface area contributed by atoms with E-state index < -0.39 is 60.7 Å². The molecule has 6 aromatic rings. The van der Waals surface area contributed by atoms with E-state index in [9.17, 15) is 45.5 Å². The number of aryl methyl sites for hydroxylation is 2. The first-order chi connectivity index (χ1) is 38.6. The molecule has 20 nitrogen and oxygen atoms in total. The van der Waals surface area contributed by atoms with Crippen LogP contribution >= 0.6 is 15.9 Å². The lowest BCUT2D eigenvalue weighted by atomic mass is 9.85. The van der Waals surface area contributed by atoms with Gasteiger partial charge in [-0.05, 0) is 89.1 Å². The summed E-state index contributed by atoms with van der Waals surface area (Å²) < 4.78 is 93.8. The first kappa shape index (κ1) is 59.2. The molecule has 0 spiro atoms. The fourth-order valence-corrected chi connectivity index (χ4v) is 10.3. The van der Waals surface area contributed by atoms with Crippen LogP contribution in [0.15, 0.2) is 90.4 Å². The van der Waals surface area contributed by atoms with Gasteiger partial charge in [0.2, 0.25) is 0 Å². The average Bonchev–Trinajstić information content (AvgIpc) is 3.57. The highest BCUT2D eigenvalue weighted by atomic mass is 79.9. The van der Waals surface area contributed by atoms with E-state index in [1.54, 1.807) is 67.6 Å². The average molecular weight is 1210 g/mol. The molecule has 3 saturated heterocycles. The number of pyridine rings is 4. The predicted octanol–water partition coefficient (Wildman–Crippen LogP) is 9.64. The Hall–Kier alpha value is -7.46. The standard InChI is InChI=1S/C24H24F3N7O2.C20H19BrF3N5O2.C10H17BN2O2/c1-14(24(25,26)27)9-20(35)17-3-4-18-22(30-17)34(16-6-8-33(18)12-16)23(36)31-21-10-15(5-7-29-21)19-11-28-13-32(19)2;1-11(20(22,23)24)8-16(30)14-2-3-15-18(26-14)29(13-5-7-28(15)10-13)19(31)27-17-9-12(21)4-6-25-17;1-9(2)10(3,4)15-11(14-9)8-6-12-7-13(8)5/h3-5,7,10-11,13-14,16H,6,8-9,12H2,1-2H3,(H,29,31,36);2-4,6,9,11,13H,5,7-8,10H2,1H3,(H,25,27,31);6-7H,1-5H3/t14-,16-;11-,13-;/m00./s1.